The summed E-state index contributed by atoms with van der Waals surface area (Å²) in [4.78, 5) is 0. The highest BCUT2D eigenvalue weighted by Crippen LogP contribution is 2.31. The number of nitrogens with two attached hydrogens (primary N) is 1. The van der Waals surface area contributed by atoms with Gasteiger partial charge in [0.05, 0.1) is 0 Å². The molecule has 0 fully saturated rings. The van der Waals surface area contributed by atoms with E-state index in [1.807, 2.05) is 0 Å². The van der Waals surface area contributed by atoms with Gasteiger partial charge in [-0.25, -0.2) is 8.78 Å². The van der Waals surface area contributed by atoms with Crippen molar-refractivity contribution < 1.29 is 13.9 Å². The van der Waals surface area contributed by atoms with E-state index in [2.05, 4.69) is 0 Å². The number of aliphatic hydroxyl groups excluding tert-OH is 1. The first-order chi connectivity index (χ1) is 7.36. The first kappa shape index (κ1) is 13.1. The van der Waals surface area contributed by atoms with Gasteiger partial charge in [0.2, 0.25) is 0 Å². The Morgan fingerprint density at radius 3 is 2.50 bits per heavy atom. The molecule has 0 aliphatic heterocycles. The van der Waals surface area contributed by atoms with Gasteiger partial charge < -0.3 is 10.8 Å². The highest BCUT2D eigenvalue weighted by atomic mass is 19.1. The molecule has 0 saturated heterocycles. The summed E-state index contributed by atoms with van der Waals surface area (Å²) in [6.45, 7) is 3.36. The molecule has 0 bridgehead atoms. The minimum Gasteiger partial charge on any atom is -0.396 e. The molecule has 1 aromatic carbocycles. The van der Waals surface area contributed by atoms with Gasteiger partial charge in [0.15, 0.2) is 0 Å². The highest BCUT2D eigenvalue weighted by molar-refractivity contribution is 5.25. The molecule has 0 aliphatic rings. The third-order valence-electron chi connectivity index (χ3n) is 2.65. The van der Waals surface area contributed by atoms with Crippen LogP contribution in [0.15, 0.2) is 18.2 Å². The Labute approximate surface area is 94.1 Å². The lowest BCUT2D eigenvalue weighted by atomic mass is 9.80. The first-order valence-corrected chi connectivity index (χ1v) is 5.21. The Balaban J connectivity index is 3.15. The summed E-state index contributed by atoms with van der Waals surface area (Å²) in [7, 11) is 0. The summed E-state index contributed by atoms with van der Waals surface area (Å²) in [6.07, 6.45) is 0.309. The van der Waals surface area contributed by atoms with Crippen LogP contribution in [0.2, 0.25) is 0 Å². The van der Waals surface area contributed by atoms with E-state index in [-0.39, 0.29) is 12.2 Å². The maximum atomic E-state index is 13.6. The lowest BCUT2D eigenvalue weighted by Crippen LogP contribution is -2.40. The van der Waals surface area contributed by atoms with E-state index < -0.39 is 23.1 Å². The molecule has 3 N–H and O–H groups in total. The van der Waals surface area contributed by atoms with E-state index in [1.165, 1.54) is 0 Å². The molecule has 2 nitrogen and oxygen atoms in total. The van der Waals surface area contributed by atoms with Gasteiger partial charge in [0.25, 0.3) is 0 Å². The van der Waals surface area contributed by atoms with Crippen molar-refractivity contribution in [1.82, 2.24) is 0 Å². The van der Waals surface area contributed by atoms with E-state index in [0.717, 1.165) is 18.2 Å². The maximum Gasteiger partial charge on any atom is 0.126 e. The van der Waals surface area contributed by atoms with Crippen molar-refractivity contribution in [3.05, 3.63) is 35.4 Å². The molecule has 16 heavy (non-hydrogen) atoms. The van der Waals surface area contributed by atoms with Gasteiger partial charge in [0.1, 0.15) is 11.6 Å². The van der Waals surface area contributed by atoms with E-state index in [1.54, 1.807) is 13.8 Å². The molecule has 1 aromatic rings. The molecule has 1 atom stereocenters. The van der Waals surface area contributed by atoms with Crippen molar-refractivity contribution in [1.29, 1.82) is 0 Å². The van der Waals surface area contributed by atoms with Gasteiger partial charge in [-0.2, -0.15) is 0 Å². The van der Waals surface area contributed by atoms with Crippen LogP contribution in [0, 0.1) is 11.6 Å². The molecular weight excluding hydrogens is 212 g/mol. The Hall–Kier alpha value is -1.00. The number of aliphatic hydroxyl groups is 1. The zero-order valence-electron chi connectivity index (χ0n) is 9.50. The van der Waals surface area contributed by atoms with Crippen LogP contribution >= 0.6 is 0 Å². The van der Waals surface area contributed by atoms with Crippen LogP contribution in [-0.2, 0) is 0 Å². The van der Waals surface area contributed by atoms with E-state index in [4.69, 9.17) is 10.8 Å². The lowest BCUT2D eigenvalue weighted by Gasteiger charge is -2.30. The minimum atomic E-state index is -0.711. The van der Waals surface area contributed by atoms with Crippen molar-refractivity contribution in [3.8, 4) is 0 Å². The Morgan fingerprint density at radius 1 is 1.38 bits per heavy atom. The molecule has 0 spiro atoms. The van der Waals surface area contributed by atoms with Gasteiger partial charge in [-0.05, 0) is 44.0 Å². The first-order valence-electron chi connectivity index (χ1n) is 5.21. The van der Waals surface area contributed by atoms with E-state index >= 15 is 0 Å². The quantitative estimate of drug-likeness (QED) is 0.831. The molecule has 0 saturated carbocycles. The minimum absolute atomic E-state index is 0.110. The number of hydrogen-bond acceptors (Lipinski definition) is 2. The Kier molecular flexibility index (Phi) is 3.99. The molecule has 1 unspecified atom stereocenters. The van der Waals surface area contributed by atoms with Crippen LogP contribution in [0.3, 0.4) is 0 Å². The highest BCUT2D eigenvalue weighted by Gasteiger charge is 2.28. The molecule has 0 radical (unpaired) electrons. The average Bonchev–Trinajstić information content (AvgIpc) is 2.17. The van der Waals surface area contributed by atoms with Gasteiger partial charge in [-0.3, -0.25) is 0 Å². The number of rotatable bonds is 4. The van der Waals surface area contributed by atoms with Crippen molar-refractivity contribution in [3.63, 3.8) is 0 Å². The summed E-state index contributed by atoms with van der Waals surface area (Å²) in [6, 6.07) is 3.30. The summed E-state index contributed by atoms with van der Waals surface area (Å²) in [5.41, 5.74) is 5.43. The second-order valence-corrected chi connectivity index (χ2v) is 4.55. The SMILES string of the molecule is CC(C)(N)C(CCO)c1cc(F)ccc1F. The third kappa shape index (κ3) is 3.00. The summed E-state index contributed by atoms with van der Waals surface area (Å²) < 4.78 is 26.6. The van der Waals surface area contributed by atoms with Crippen LogP contribution < -0.4 is 5.73 Å². The van der Waals surface area contributed by atoms with Crippen molar-refractivity contribution in [2.75, 3.05) is 6.61 Å². The lowest BCUT2D eigenvalue weighted by molar-refractivity contribution is 0.248. The van der Waals surface area contributed by atoms with Crippen LogP contribution in [-0.4, -0.2) is 17.3 Å². The summed E-state index contributed by atoms with van der Waals surface area (Å²) in [5, 5.41) is 8.95. The van der Waals surface area contributed by atoms with Gasteiger partial charge >= 0.3 is 0 Å². The van der Waals surface area contributed by atoms with Crippen molar-refractivity contribution in [2.24, 2.45) is 5.73 Å². The molecular formula is C12H17F2NO. The predicted octanol–water partition coefficient (Wildman–Crippen LogP) is 2.17. The maximum absolute atomic E-state index is 13.6. The molecule has 90 valence electrons. The molecule has 0 heterocycles. The molecule has 0 aromatic heterocycles. The average molecular weight is 229 g/mol. The third-order valence-corrected chi connectivity index (χ3v) is 2.65. The predicted molar refractivity (Wildman–Crippen MR) is 59.1 cm³/mol. The van der Waals surface area contributed by atoms with Crippen molar-refractivity contribution >= 4 is 0 Å². The van der Waals surface area contributed by atoms with Crippen LogP contribution in [0.25, 0.3) is 0 Å². The molecule has 4 heteroatoms. The fraction of sp³-hybridized carbons (Fsp3) is 0.500. The largest absolute Gasteiger partial charge is 0.396 e. The topological polar surface area (TPSA) is 46.2 Å². The van der Waals surface area contributed by atoms with Crippen LogP contribution in [0.1, 0.15) is 31.7 Å². The Morgan fingerprint density at radius 2 is 2.00 bits per heavy atom. The summed E-state index contributed by atoms with van der Waals surface area (Å²) >= 11 is 0. The zero-order valence-corrected chi connectivity index (χ0v) is 9.50. The van der Waals surface area contributed by atoms with Crippen molar-refractivity contribution in [2.45, 2.75) is 31.7 Å². The number of benzene rings is 1. The van der Waals surface area contributed by atoms with Gasteiger partial charge in [0, 0.05) is 18.1 Å². The molecule has 0 aliphatic carbocycles. The normalized spacial score (nSPS) is 13.9. The second-order valence-electron chi connectivity index (χ2n) is 4.55. The fourth-order valence-corrected chi connectivity index (χ4v) is 1.84. The fourth-order valence-electron chi connectivity index (χ4n) is 1.84. The smallest absolute Gasteiger partial charge is 0.126 e. The Bertz CT molecular complexity index is 361. The zero-order chi connectivity index (χ0) is 12.3. The number of hydrogen-bond donors (Lipinski definition) is 2. The molecule has 0 amide bonds. The number of halogens is 2. The molecule has 1 rings (SSSR count). The summed E-state index contributed by atoms with van der Waals surface area (Å²) in [5.74, 6) is -1.39. The van der Waals surface area contributed by atoms with Crippen LogP contribution in [0.5, 0.6) is 0 Å². The standard InChI is InChI=1S/C12H17F2NO/c1-12(2,15)10(5-6-16)9-7-8(13)3-4-11(9)14/h3-4,7,10,16H,5-6,15H2,1-2H3. The monoisotopic (exact) mass is 229 g/mol. The van der Waals surface area contributed by atoms with E-state index in [0.29, 0.717) is 6.42 Å². The van der Waals surface area contributed by atoms with Gasteiger partial charge in [-0.15, -0.1) is 0 Å². The van der Waals surface area contributed by atoms with Gasteiger partial charge in [-0.1, -0.05) is 0 Å². The van der Waals surface area contributed by atoms with E-state index in [9.17, 15) is 8.78 Å². The van der Waals surface area contributed by atoms with Crippen LogP contribution in [0.4, 0.5) is 8.78 Å². The second kappa shape index (κ2) is 4.89.